The van der Waals surface area contributed by atoms with Crippen molar-refractivity contribution in [1.29, 1.82) is 0 Å². The van der Waals surface area contributed by atoms with Crippen LogP contribution in [0.15, 0.2) is 16.9 Å². The fraction of sp³-hybridized carbons (Fsp3) is 0.625. The van der Waals surface area contributed by atoms with Gasteiger partial charge in [-0.3, -0.25) is 9.69 Å². The lowest BCUT2D eigenvalue weighted by Crippen LogP contribution is -2.48. The van der Waals surface area contributed by atoms with Crippen LogP contribution in [0.25, 0.3) is 0 Å². The van der Waals surface area contributed by atoms with Crippen LogP contribution in [0.4, 0.5) is 0 Å². The number of carbonyl (C=O) groups excluding carboxylic acids is 1. The molecular formula is C16H24N6O2. The van der Waals surface area contributed by atoms with Gasteiger partial charge in [-0.1, -0.05) is 5.16 Å². The van der Waals surface area contributed by atoms with Crippen molar-refractivity contribution in [2.45, 2.75) is 39.8 Å². The molecule has 1 saturated heterocycles. The zero-order chi connectivity index (χ0) is 17.1. The van der Waals surface area contributed by atoms with Crippen LogP contribution in [0, 0.1) is 13.8 Å². The predicted molar refractivity (Wildman–Crippen MR) is 87.2 cm³/mol. The van der Waals surface area contributed by atoms with Gasteiger partial charge in [-0.2, -0.15) is 4.98 Å². The van der Waals surface area contributed by atoms with Crippen LogP contribution in [0.3, 0.4) is 0 Å². The Morgan fingerprint density at radius 1 is 1.29 bits per heavy atom. The first kappa shape index (κ1) is 16.6. The first-order valence-corrected chi connectivity index (χ1v) is 8.31. The molecule has 1 fully saturated rings. The molecule has 8 nitrogen and oxygen atoms in total. The van der Waals surface area contributed by atoms with Gasteiger partial charge < -0.3 is 14.0 Å². The highest BCUT2D eigenvalue weighted by Gasteiger charge is 2.23. The molecule has 130 valence electrons. The van der Waals surface area contributed by atoms with Crippen LogP contribution >= 0.6 is 0 Å². The Hall–Kier alpha value is -2.22. The van der Waals surface area contributed by atoms with Crippen molar-refractivity contribution < 1.29 is 9.32 Å². The summed E-state index contributed by atoms with van der Waals surface area (Å²) in [5.41, 5.74) is 0. The first-order chi connectivity index (χ1) is 11.5. The minimum Gasteiger partial charge on any atom is -0.340 e. The van der Waals surface area contributed by atoms with E-state index >= 15 is 0 Å². The summed E-state index contributed by atoms with van der Waals surface area (Å²) in [4.78, 5) is 25.2. The lowest BCUT2D eigenvalue weighted by atomic mass is 10.2. The van der Waals surface area contributed by atoms with E-state index in [2.05, 4.69) is 26.9 Å². The summed E-state index contributed by atoms with van der Waals surface area (Å²) in [5.74, 6) is 2.43. The van der Waals surface area contributed by atoms with Crippen LogP contribution in [-0.2, 0) is 11.3 Å². The third kappa shape index (κ3) is 3.81. The normalized spacial score (nSPS) is 17.2. The third-order valence-corrected chi connectivity index (χ3v) is 4.47. The number of imidazole rings is 1. The van der Waals surface area contributed by atoms with Crippen LogP contribution in [-0.4, -0.2) is 61.6 Å². The molecule has 1 aliphatic rings. The van der Waals surface area contributed by atoms with E-state index in [0.29, 0.717) is 24.7 Å². The summed E-state index contributed by atoms with van der Waals surface area (Å²) in [6, 6.07) is 0.125. The van der Waals surface area contributed by atoms with Crippen molar-refractivity contribution in [2.75, 3.05) is 26.2 Å². The summed E-state index contributed by atoms with van der Waals surface area (Å²) < 4.78 is 7.04. The molecule has 0 spiro atoms. The fourth-order valence-electron chi connectivity index (χ4n) is 3.09. The zero-order valence-corrected chi connectivity index (χ0v) is 14.5. The lowest BCUT2D eigenvalue weighted by molar-refractivity contribution is -0.133. The molecule has 0 N–H and O–H groups in total. The van der Waals surface area contributed by atoms with E-state index < -0.39 is 0 Å². The topological polar surface area (TPSA) is 80.3 Å². The van der Waals surface area contributed by atoms with Crippen LogP contribution < -0.4 is 0 Å². The molecule has 0 aromatic carbocycles. The number of aryl methyl sites for hydroxylation is 2. The second kappa shape index (κ2) is 7.12. The van der Waals surface area contributed by atoms with E-state index in [0.717, 1.165) is 32.0 Å². The van der Waals surface area contributed by atoms with Crippen LogP contribution in [0.5, 0.6) is 0 Å². The molecule has 24 heavy (non-hydrogen) atoms. The molecule has 1 atom stereocenters. The second-order valence-electron chi connectivity index (χ2n) is 6.32. The fourth-order valence-corrected chi connectivity index (χ4v) is 3.09. The Bertz CT molecular complexity index is 686. The van der Waals surface area contributed by atoms with E-state index in [-0.39, 0.29) is 11.9 Å². The molecule has 0 bridgehead atoms. The number of amides is 1. The first-order valence-electron chi connectivity index (χ1n) is 8.31. The highest BCUT2D eigenvalue weighted by atomic mass is 16.5. The van der Waals surface area contributed by atoms with E-state index in [4.69, 9.17) is 4.52 Å². The molecule has 1 aliphatic heterocycles. The van der Waals surface area contributed by atoms with E-state index in [9.17, 15) is 4.79 Å². The zero-order valence-electron chi connectivity index (χ0n) is 14.5. The van der Waals surface area contributed by atoms with Gasteiger partial charge in [0.25, 0.3) is 0 Å². The molecule has 1 amide bonds. The summed E-state index contributed by atoms with van der Waals surface area (Å²) in [7, 11) is 0. The second-order valence-corrected chi connectivity index (χ2v) is 6.32. The number of carbonyl (C=O) groups is 1. The number of nitrogens with zero attached hydrogens (tertiary/aromatic N) is 6. The van der Waals surface area contributed by atoms with E-state index in [1.54, 1.807) is 13.1 Å². The van der Waals surface area contributed by atoms with Gasteiger partial charge in [0.15, 0.2) is 5.82 Å². The SMILES string of the molecule is Cc1nc(CN2CCN(C(=O)C[C@H](C)n3ccnc3C)CC2)no1. The van der Waals surface area contributed by atoms with Gasteiger partial charge in [-0.05, 0) is 13.8 Å². The largest absolute Gasteiger partial charge is 0.340 e. The van der Waals surface area contributed by atoms with Crippen molar-refractivity contribution in [1.82, 2.24) is 29.5 Å². The van der Waals surface area contributed by atoms with Crippen molar-refractivity contribution >= 4 is 5.91 Å². The third-order valence-electron chi connectivity index (χ3n) is 4.47. The maximum atomic E-state index is 12.5. The maximum Gasteiger partial charge on any atom is 0.224 e. The average Bonchev–Trinajstić information content (AvgIpc) is 3.16. The van der Waals surface area contributed by atoms with Crippen molar-refractivity contribution in [3.8, 4) is 0 Å². The Kier molecular flexibility index (Phi) is 4.94. The predicted octanol–water partition coefficient (Wildman–Crippen LogP) is 1.18. The summed E-state index contributed by atoms with van der Waals surface area (Å²) in [6.07, 6.45) is 4.20. The van der Waals surface area contributed by atoms with Gasteiger partial charge in [0, 0.05) is 58.0 Å². The Labute approximate surface area is 141 Å². The van der Waals surface area contributed by atoms with Gasteiger partial charge in [0.1, 0.15) is 5.82 Å². The molecule has 0 aliphatic carbocycles. The molecule has 3 heterocycles. The number of aromatic nitrogens is 4. The van der Waals surface area contributed by atoms with E-state index in [1.165, 1.54) is 0 Å². The van der Waals surface area contributed by atoms with Crippen molar-refractivity contribution in [2.24, 2.45) is 0 Å². The minimum absolute atomic E-state index is 0.125. The molecule has 2 aromatic rings. The Morgan fingerprint density at radius 3 is 2.62 bits per heavy atom. The van der Waals surface area contributed by atoms with Crippen molar-refractivity contribution in [3.05, 3.63) is 29.9 Å². The minimum atomic E-state index is 0.125. The Morgan fingerprint density at radius 2 is 2.04 bits per heavy atom. The van der Waals surface area contributed by atoms with Crippen LogP contribution in [0.1, 0.15) is 36.9 Å². The van der Waals surface area contributed by atoms with Crippen molar-refractivity contribution in [3.63, 3.8) is 0 Å². The molecule has 2 aromatic heterocycles. The maximum absolute atomic E-state index is 12.5. The van der Waals surface area contributed by atoms with Gasteiger partial charge in [0.2, 0.25) is 11.8 Å². The number of hydrogen-bond acceptors (Lipinski definition) is 6. The highest BCUT2D eigenvalue weighted by molar-refractivity contribution is 5.76. The molecule has 0 unspecified atom stereocenters. The van der Waals surface area contributed by atoms with Gasteiger partial charge in [-0.25, -0.2) is 4.98 Å². The summed E-state index contributed by atoms with van der Waals surface area (Å²) in [6.45, 7) is 9.62. The molecule has 3 rings (SSSR count). The van der Waals surface area contributed by atoms with Gasteiger partial charge >= 0.3 is 0 Å². The molecular weight excluding hydrogens is 308 g/mol. The molecule has 0 saturated carbocycles. The molecule has 0 radical (unpaired) electrons. The van der Waals surface area contributed by atoms with Crippen LogP contribution in [0.2, 0.25) is 0 Å². The number of rotatable bonds is 5. The molecule has 8 heteroatoms. The number of hydrogen-bond donors (Lipinski definition) is 0. The quantitative estimate of drug-likeness (QED) is 0.818. The van der Waals surface area contributed by atoms with Gasteiger partial charge in [-0.15, -0.1) is 0 Å². The van der Waals surface area contributed by atoms with Gasteiger partial charge in [0.05, 0.1) is 6.54 Å². The summed E-state index contributed by atoms with van der Waals surface area (Å²) >= 11 is 0. The summed E-state index contributed by atoms with van der Waals surface area (Å²) in [5, 5.41) is 3.92. The highest BCUT2D eigenvalue weighted by Crippen LogP contribution is 2.16. The lowest BCUT2D eigenvalue weighted by Gasteiger charge is -2.34. The average molecular weight is 332 g/mol. The smallest absolute Gasteiger partial charge is 0.224 e. The number of piperazine rings is 1. The monoisotopic (exact) mass is 332 g/mol. The van der Waals surface area contributed by atoms with E-state index in [1.807, 2.05) is 22.6 Å². The standard InChI is InChI=1S/C16H24N6O2/c1-12(22-5-4-17-13(22)2)10-16(23)21-8-6-20(7-9-21)11-15-18-14(3)24-19-15/h4-5,12H,6-11H2,1-3H3/t12-/m0/s1. The Balaban J connectivity index is 1.47.